The fourth-order valence-corrected chi connectivity index (χ4v) is 1.64. The highest BCUT2D eigenvalue weighted by Crippen LogP contribution is 2.04. The summed E-state index contributed by atoms with van der Waals surface area (Å²) in [5.41, 5.74) is 2.76. The molecular weight excluding hydrogens is 246 g/mol. The van der Waals surface area contributed by atoms with E-state index in [1.165, 1.54) is 11.1 Å². The zero-order valence-electron chi connectivity index (χ0n) is 11.7. The zero-order valence-corrected chi connectivity index (χ0v) is 12.6. The van der Waals surface area contributed by atoms with Gasteiger partial charge in [0.15, 0.2) is 0 Å². The smallest absolute Gasteiger partial charge is 0.0518 e. The maximum Gasteiger partial charge on any atom is 0.0518 e. The summed E-state index contributed by atoms with van der Waals surface area (Å²) in [5, 5.41) is 3.43. The van der Waals surface area contributed by atoms with Gasteiger partial charge in [0.25, 0.3) is 0 Å². The molecule has 18 heavy (non-hydrogen) atoms. The Morgan fingerprint density at radius 2 is 1.72 bits per heavy atom. The predicted octanol–water partition coefficient (Wildman–Crippen LogP) is 3.58. The minimum absolute atomic E-state index is 0. The molecule has 0 atom stereocenters. The molecule has 0 saturated heterocycles. The van der Waals surface area contributed by atoms with Crippen LogP contribution in [0.4, 0.5) is 0 Å². The molecule has 1 N–H and O–H groups in total. The Labute approximate surface area is 118 Å². The molecule has 0 unspecified atom stereocenters. The van der Waals surface area contributed by atoms with Crippen LogP contribution in [-0.4, -0.2) is 19.3 Å². The maximum atomic E-state index is 5.48. The van der Waals surface area contributed by atoms with Gasteiger partial charge >= 0.3 is 0 Å². The molecule has 0 radical (unpaired) electrons. The van der Waals surface area contributed by atoms with Crippen molar-refractivity contribution >= 4 is 12.4 Å². The first kappa shape index (κ1) is 17.4. The molecule has 3 heteroatoms. The van der Waals surface area contributed by atoms with Gasteiger partial charge in [0.2, 0.25) is 0 Å². The first-order chi connectivity index (χ1) is 8.22. The Bertz CT molecular complexity index is 298. The van der Waals surface area contributed by atoms with Crippen molar-refractivity contribution in [1.29, 1.82) is 0 Å². The van der Waals surface area contributed by atoms with Gasteiger partial charge in [-0.2, -0.15) is 0 Å². The molecule has 0 bridgehead atoms. The zero-order chi connectivity index (χ0) is 12.5. The van der Waals surface area contributed by atoms with Gasteiger partial charge < -0.3 is 10.1 Å². The standard InChI is InChI=1S/C15H25NO.ClH/c1-4-14-6-8-15(9-7-14)12-16-10-5-11-17-13(2)3;/h6-9,13,16H,4-5,10-12H2,1-3H3;1H. The summed E-state index contributed by atoms with van der Waals surface area (Å²) in [6.07, 6.45) is 2.53. The van der Waals surface area contributed by atoms with Crippen molar-refractivity contribution in [3.63, 3.8) is 0 Å². The highest BCUT2D eigenvalue weighted by Gasteiger charge is 1.95. The third-order valence-electron chi connectivity index (χ3n) is 2.71. The molecule has 0 aliphatic carbocycles. The molecule has 0 saturated carbocycles. The van der Waals surface area contributed by atoms with E-state index in [1.807, 2.05) is 0 Å². The third kappa shape index (κ3) is 7.70. The van der Waals surface area contributed by atoms with Gasteiger partial charge in [0.05, 0.1) is 6.10 Å². The van der Waals surface area contributed by atoms with E-state index < -0.39 is 0 Å². The molecule has 1 rings (SSSR count). The second-order valence-electron chi connectivity index (χ2n) is 4.62. The highest BCUT2D eigenvalue weighted by atomic mass is 35.5. The average molecular weight is 272 g/mol. The van der Waals surface area contributed by atoms with E-state index in [0.29, 0.717) is 6.10 Å². The minimum Gasteiger partial charge on any atom is -0.379 e. The van der Waals surface area contributed by atoms with Crippen molar-refractivity contribution in [2.75, 3.05) is 13.2 Å². The van der Waals surface area contributed by atoms with Crippen LogP contribution >= 0.6 is 12.4 Å². The number of hydrogen-bond acceptors (Lipinski definition) is 2. The molecule has 0 aliphatic rings. The fraction of sp³-hybridized carbons (Fsp3) is 0.600. The van der Waals surface area contributed by atoms with Crippen LogP contribution in [-0.2, 0) is 17.7 Å². The van der Waals surface area contributed by atoms with Crippen molar-refractivity contribution in [2.45, 2.75) is 46.3 Å². The lowest BCUT2D eigenvalue weighted by Gasteiger charge is -2.08. The van der Waals surface area contributed by atoms with Gasteiger partial charge in [-0.3, -0.25) is 0 Å². The van der Waals surface area contributed by atoms with Crippen LogP contribution in [0, 0.1) is 0 Å². The summed E-state index contributed by atoms with van der Waals surface area (Å²) < 4.78 is 5.48. The summed E-state index contributed by atoms with van der Waals surface area (Å²) >= 11 is 0. The predicted molar refractivity (Wildman–Crippen MR) is 80.5 cm³/mol. The van der Waals surface area contributed by atoms with Crippen molar-refractivity contribution in [3.05, 3.63) is 35.4 Å². The molecule has 1 aromatic rings. The number of rotatable bonds is 8. The SMILES string of the molecule is CCc1ccc(CNCCCOC(C)C)cc1.Cl. The molecule has 0 spiro atoms. The van der Waals surface area contributed by atoms with Crippen molar-refractivity contribution in [3.8, 4) is 0 Å². The van der Waals surface area contributed by atoms with Gasteiger partial charge in [0.1, 0.15) is 0 Å². The van der Waals surface area contributed by atoms with Crippen LogP contribution in [0.15, 0.2) is 24.3 Å². The summed E-state index contributed by atoms with van der Waals surface area (Å²) in [4.78, 5) is 0. The highest BCUT2D eigenvalue weighted by molar-refractivity contribution is 5.85. The van der Waals surface area contributed by atoms with Gasteiger partial charge in [-0.25, -0.2) is 0 Å². The van der Waals surface area contributed by atoms with Crippen LogP contribution in [0.3, 0.4) is 0 Å². The van der Waals surface area contributed by atoms with Gasteiger partial charge in [-0.05, 0) is 44.4 Å². The Kier molecular flexibility index (Phi) is 10.0. The number of benzene rings is 1. The summed E-state index contributed by atoms with van der Waals surface area (Å²) in [7, 11) is 0. The molecule has 0 aliphatic heterocycles. The number of aryl methyl sites for hydroxylation is 1. The molecular formula is C15H26ClNO. The molecule has 0 fully saturated rings. The van der Waals surface area contributed by atoms with Gasteiger partial charge in [0, 0.05) is 13.2 Å². The Hall–Kier alpha value is -0.570. The molecule has 0 aromatic heterocycles. The van der Waals surface area contributed by atoms with E-state index in [4.69, 9.17) is 4.74 Å². The number of hydrogen-bond donors (Lipinski definition) is 1. The first-order valence-electron chi connectivity index (χ1n) is 6.62. The van der Waals surface area contributed by atoms with Crippen LogP contribution in [0.25, 0.3) is 0 Å². The molecule has 2 nitrogen and oxygen atoms in total. The minimum atomic E-state index is 0. The van der Waals surface area contributed by atoms with E-state index in [1.54, 1.807) is 0 Å². The van der Waals surface area contributed by atoms with Crippen LogP contribution in [0.1, 0.15) is 38.3 Å². The van der Waals surface area contributed by atoms with Gasteiger partial charge in [-0.1, -0.05) is 31.2 Å². The third-order valence-corrected chi connectivity index (χ3v) is 2.71. The fourth-order valence-electron chi connectivity index (χ4n) is 1.64. The summed E-state index contributed by atoms with van der Waals surface area (Å²) in [6, 6.07) is 8.82. The van der Waals surface area contributed by atoms with E-state index in [0.717, 1.165) is 32.5 Å². The van der Waals surface area contributed by atoms with Crippen LogP contribution in [0.5, 0.6) is 0 Å². The van der Waals surface area contributed by atoms with E-state index in [-0.39, 0.29) is 12.4 Å². The van der Waals surface area contributed by atoms with E-state index in [2.05, 4.69) is 50.4 Å². The second-order valence-corrected chi connectivity index (χ2v) is 4.62. The Morgan fingerprint density at radius 3 is 2.28 bits per heavy atom. The van der Waals surface area contributed by atoms with Crippen molar-refractivity contribution in [2.24, 2.45) is 0 Å². The van der Waals surface area contributed by atoms with Crippen LogP contribution < -0.4 is 5.32 Å². The van der Waals surface area contributed by atoms with Crippen molar-refractivity contribution < 1.29 is 4.74 Å². The van der Waals surface area contributed by atoms with Crippen molar-refractivity contribution in [1.82, 2.24) is 5.32 Å². The quantitative estimate of drug-likeness (QED) is 0.730. The normalized spacial score (nSPS) is 10.4. The molecule has 0 heterocycles. The summed E-state index contributed by atoms with van der Waals surface area (Å²) in [6.45, 7) is 9.14. The van der Waals surface area contributed by atoms with E-state index >= 15 is 0 Å². The maximum absolute atomic E-state index is 5.48. The largest absolute Gasteiger partial charge is 0.379 e. The topological polar surface area (TPSA) is 21.3 Å². The first-order valence-corrected chi connectivity index (χ1v) is 6.62. The second kappa shape index (κ2) is 10.4. The molecule has 104 valence electrons. The van der Waals surface area contributed by atoms with E-state index in [9.17, 15) is 0 Å². The number of halogens is 1. The lowest BCUT2D eigenvalue weighted by molar-refractivity contribution is 0.0770. The Balaban J connectivity index is 0.00000289. The molecule has 1 aromatic carbocycles. The number of nitrogens with one attached hydrogen (secondary N) is 1. The monoisotopic (exact) mass is 271 g/mol. The molecule has 0 amide bonds. The lowest BCUT2D eigenvalue weighted by Crippen LogP contribution is -2.17. The van der Waals surface area contributed by atoms with Gasteiger partial charge in [-0.15, -0.1) is 12.4 Å². The number of ether oxygens (including phenoxy) is 1. The lowest BCUT2D eigenvalue weighted by atomic mass is 10.1. The Morgan fingerprint density at radius 1 is 1.11 bits per heavy atom. The van der Waals surface area contributed by atoms with Crippen LogP contribution in [0.2, 0.25) is 0 Å². The average Bonchev–Trinajstić information content (AvgIpc) is 2.34. The summed E-state index contributed by atoms with van der Waals surface area (Å²) in [5.74, 6) is 0.